The predicted octanol–water partition coefficient (Wildman–Crippen LogP) is 2.35. The Morgan fingerprint density at radius 2 is 2.11 bits per heavy atom. The lowest BCUT2D eigenvalue weighted by molar-refractivity contribution is 0.586. The summed E-state index contributed by atoms with van der Waals surface area (Å²) in [5, 5.41) is 2.49. The zero-order valence-corrected chi connectivity index (χ0v) is 10.2. The van der Waals surface area contributed by atoms with E-state index in [0.717, 1.165) is 18.2 Å². The molecule has 0 aliphatic rings. The number of rotatable bonds is 3. The number of benzene rings is 1. The van der Waals surface area contributed by atoms with E-state index in [9.17, 15) is 8.78 Å². The van der Waals surface area contributed by atoms with Crippen LogP contribution in [-0.2, 0) is 0 Å². The number of halogens is 2. The second-order valence-corrected chi connectivity index (χ2v) is 4.12. The number of nitrogens with one attached hydrogen (secondary N) is 1. The molecule has 0 amide bonds. The van der Waals surface area contributed by atoms with Gasteiger partial charge in [0.15, 0.2) is 5.96 Å². The van der Waals surface area contributed by atoms with Crippen LogP contribution in [0.25, 0.3) is 0 Å². The van der Waals surface area contributed by atoms with Gasteiger partial charge in [-0.1, -0.05) is 19.8 Å². The minimum atomic E-state index is -0.614. The summed E-state index contributed by atoms with van der Waals surface area (Å²) < 4.78 is 26.3. The highest BCUT2D eigenvalue weighted by molar-refractivity contribution is 5.92. The van der Waals surface area contributed by atoms with Crippen LogP contribution in [0.5, 0.6) is 0 Å². The van der Waals surface area contributed by atoms with Crippen molar-refractivity contribution >= 4 is 11.6 Å². The lowest BCUT2D eigenvalue weighted by Gasteiger charge is -2.12. The first-order chi connectivity index (χ1) is 8.43. The number of nitrogens with zero attached hydrogens (tertiary/aromatic N) is 1. The molecule has 0 bridgehead atoms. The largest absolute Gasteiger partial charge is 0.370 e. The van der Waals surface area contributed by atoms with Gasteiger partial charge < -0.3 is 11.1 Å². The summed E-state index contributed by atoms with van der Waals surface area (Å²) in [6.45, 7) is 3.79. The Balaban J connectivity index is 2.87. The highest BCUT2D eigenvalue weighted by Crippen LogP contribution is 2.15. The highest BCUT2D eigenvalue weighted by Gasteiger charge is 2.10. The summed E-state index contributed by atoms with van der Waals surface area (Å²) in [6, 6.07) is 2.62. The zero-order chi connectivity index (χ0) is 13.7. The number of nitrogens with two attached hydrogens (primary N) is 1. The molecular formula is C13H15F2N3. The third-order valence-corrected chi connectivity index (χ3v) is 2.27. The molecule has 3 N–H and O–H groups in total. The van der Waals surface area contributed by atoms with Gasteiger partial charge in [0.2, 0.25) is 0 Å². The van der Waals surface area contributed by atoms with Crippen molar-refractivity contribution in [2.45, 2.75) is 19.9 Å². The molecule has 0 spiro atoms. The number of aliphatic imine (C=N–C) groups is 1. The highest BCUT2D eigenvalue weighted by atomic mass is 19.1. The first-order valence-corrected chi connectivity index (χ1v) is 5.45. The molecule has 96 valence electrons. The van der Waals surface area contributed by atoms with Gasteiger partial charge in [-0.25, -0.2) is 13.8 Å². The van der Waals surface area contributed by atoms with Gasteiger partial charge in [0.25, 0.3) is 0 Å². The number of anilines is 1. The van der Waals surface area contributed by atoms with Crippen LogP contribution in [0.4, 0.5) is 14.5 Å². The molecule has 0 saturated carbocycles. The summed E-state index contributed by atoms with van der Waals surface area (Å²) in [6.07, 6.45) is 5.29. The van der Waals surface area contributed by atoms with E-state index < -0.39 is 17.7 Å². The lowest BCUT2D eigenvalue weighted by atomic mass is 10.1. The maximum absolute atomic E-state index is 13.3. The normalized spacial score (nSPS) is 13.2. The Kier molecular flexibility index (Phi) is 4.67. The van der Waals surface area contributed by atoms with E-state index in [1.807, 2.05) is 13.8 Å². The molecule has 1 aromatic carbocycles. The fourth-order valence-corrected chi connectivity index (χ4v) is 1.29. The van der Waals surface area contributed by atoms with Gasteiger partial charge in [-0.05, 0) is 18.1 Å². The van der Waals surface area contributed by atoms with E-state index in [2.05, 4.69) is 16.2 Å². The van der Waals surface area contributed by atoms with Crippen LogP contribution in [-0.4, -0.2) is 12.0 Å². The predicted molar refractivity (Wildman–Crippen MR) is 69.1 cm³/mol. The van der Waals surface area contributed by atoms with Crippen molar-refractivity contribution in [2.24, 2.45) is 16.6 Å². The fraction of sp³-hybridized carbons (Fsp3) is 0.308. The minimum Gasteiger partial charge on any atom is -0.370 e. The Labute approximate surface area is 105 Å². The molecule has 0 heterocycles. The molecule has 0 saturated heterocycles. The van der Waals surface area contributed by atoms with E-state index in [-0.39, 0.29) is 17.6 Å². The van der Waals surface area contributed by atoms with E-state index in [1.54, 1.807) is 0 Å². The summed E-state index contributed by atoms with van der Waals surface area (Å²) in [5.41, 5.74) is 5.52. The summed E-state index contributed by atoms with van der Waals surface area (Å²) >= 11 is 0. The quantitative estimate of drug-likeness (QED) is 0.492. The second kappa shape index (κ2) is 6.01. The molecule has 1 atom stereocenters. The number of hydrogen-bond acceptors (Lipinski definition) is 1. The maximum atomic E-state index is 13.3. The molecule has 3 nitrogen and oxygen atoms in total. The molecule has 0 aliphatic heterocycles. The third kappa shape index (κ3) is 3.74. The summed E-state index contributed by atoms with van der Waals surface area (Å²) in [4.78, 5) is 4.02. The van der Waals surface area contributed by atoms with Gasteiger partial charge in [0.05, 0.1) is 5.69 Å². The topological polar surface area (TPSA) is 50.4 Å². The average Bonchev–Trinajstić information content (AvgIpc) is 2.30. The van der Waals surface area contributed by atoms with Crippen molar-refractivity contribution in [3.05, 3.63) is 29.8 Å². The molecule has 1 unspecified atom stereocenters. The molecule has 18 heavy (non-hydrogen) atoms. The van der Waals surface area contributed by atoms with Gasteiger partial charge in [0, 0.05) is 6.07 Å². The van der Waals surface area contributed by atoms with Crippen LogP contribution < -0.4 is 11.1 Å². The summed E-state index contributed by atoms with van der Waals surface area (Å²) in [5.74, 6) is 1.35. The van der Waals surface area contributed by atoms with Crippen LogP contribution in [0.15, 0.2) is 23.2 Å². The van der Waals surface area contributed by atoms with Crippen LogP contribution in [0.1, 0.15) is 13.8 Å². The first kappa shape index (κ1) is 14.0. The number of terminal acetylenes is 1. The monoisotopic (exact) mass is 251 g/mol. The summed E-state index contributed by atoms with van der Waals surface area (Å²) in [7, 11) is 0. The first-order valence-electron chi connectivity index (χ1n) is 5.45. The molecule has 0 aromatic heterocycles. The molecule has 0 aliphatic carbocycles. The van der Waals surface area contributed by atoms with E-state index in [4.69, 9.17) is 12.2 Å². The van der Waals surface area contributed by atoms with Gasteiger partial charge >= 0.3 is 0 Å². The van der Waals surface area contributed by atoms with Gasteiger partial charge in [-0.3, -0.25) is 0 Å². The Morgan fingerprint density at radius 3 is 2.67 bits per heavy atom. The fourth-order valence-electron chi connectivity index (χ4n) is 1.29. The van der Waals surface area contributed by atoms with E-state index in [1.165, 1.54) is 0 Å². The minimum absolute atomic E-state index is 0.0452. The van der Waals surface area contributed by atoms with E-state index in [0.29, 0.717) is 0 Å². The maximum Gasteiger partial charge on any atom is 0.194 e. The zero-order valence-electron chi connectivity index (χ0n) is 10.2. The SMILES string of the molecule is C#CC(N=C(N)Nc1cc(F)ccc1F)C(C)C. The Hall–Kier alpha value is -2.09. The molecule has 0 fully saturated rings. The standard InChI is InChI=1S/C13H15F2N3/c1-4-11(8(2)3)17-13(16)18-12-7-9(14)5-6-10(12)15/h1,5-8,11H,2-3H3,(H3,16,17,18). The smallest absolute Gasteiger partial charge is 0.194 e. The van der Waals surface area contributed by atoms with Crippen LogP contribution in [0.2, 0.25) is 0 Å². The van der Waals surface area contributed by atoms with Crippen molar-refractivity contribution in [3.8, 4) is 12.3 Å². The molecule has 1 rings (SSSR count). The van der Waals surface area contributed by atoms with Crippen LogP contribution in [0, 0.1) is 29.9 Å². The number of hydrogen-bond donors (Lipinski definition) is 2. The lowest BCUT2D eigenvalue weighted by Crippen LogP contribution is -2.26. The molecular weight excluding hydrogens is 236 g/mol. The van der Waals surface area contributed by atoms with Gasteiger partial charge in [0.1, 0.15) is 17.7 Å². The van der Waals surface area contributed by atoms with E-state index >= 15 is 0 Å². The van der Waals surface area contributed by atoms with Gasteiger partial charge in [-0.15, -0.1) is 6.42 Å². The molecule has 1 aromatic rings. The molecule has 5 heteroatoms. The van der Waals surface area contributed by atoms with Crippen molar-refractivity contribution in [1.29, 1.82) is 0 Å². The van der Waals surface area contributed by atoms with Crippen LogP contribution in [0.3, 0.4) is 0 Å². The van der Waals surface area contributed by atoms with Crippen molar-refractivity contribution in [3.63, 3.8) is 0 Å². The molecule has 0 radical (unpaired) electrons. The average molecular weight is 251 g/mol. The van der Waals surface area contributed by atoms with Crippen molar-refractivity contribution in [2.75, 3.05) is 5.32 Å². The van der Waals surface area contributed by atoms with Crippen LogP contribution >= 0.6 is 0 Å². The van der Waals surface area contributed by atoms with Gasteiger partial charge in [-0.2, -0.15) is 0 Å². The second-order valence-electron chi connectivity index (χ2n) is 4.12. The van der Waals surface area contributed by atoms with Crippen molar-refractivity contribution in [1.82, 2.24) is 0 Å². The third-order valence-electron chi connectivity index (χ3n) is 2.27. The number of guanidine groups is 1. The Morgan fingerprint density at radius 1 is 1.44 bits per heavy atom. The Bertz CT molecular complexity index is 489. The van der Waals surface area contributed by atoms with Crippen molar-refractivity contribution < 1.29 is 8.78 Å².